The minimum atomic E-state index is -0.170. The van der Waals surface area contributed by atoms with Crippen molar-refractivity contribution in [2.75, 3.05) is 14.2 Å². The standard InChI is InChI=1S/C16H22N4O3/c1-11(2)13(10-20-17-7-8-18-20)19-16(21)12-5-6-14(22-3)15(9-12)23-4/h5-9,11,13H,10H2,1-4H3,(H,19,21). The van der Waals surface area contributed by atoms with Crippen molar-refractivity contribution in [3.8, 4) is 11.5 Å². The monoisotopic (exact) mass is 318 g/mol. The smallest absolute Gasteiger partial charge is 0.251 e. The lowest BCUT2D eigenvalue weighted by atomic mass is 10.0. The molecule has 124 valence electrons. The second-order valence-corrected chi connectivity index (χ2v) is 5.48. The summed E-state index contributed by atoms with van der Waals surface area (Å²) in [5.41, 5.74) is 0.515. The molecule has 0 saturated heterocycles. The highest BCUT2D eigenvalue weighted by Crippen LogP contribution is 2.27. The number of carbonyl (C=O) groups is 1. The Hall–Kier alpha value is -2.57. The molecule has 0 aliphatic heterocycles. The van der Waals surface area contributed by atoms with Gasteiger partial charge < -0.3 is 14.8 Å². The van der Waals surface area contributed by atoms with Crippen LogP contribution >= 0.6 is 0 Å². The van der Waals surface area contributed by atoms with Crippen molar-refractivity contribution in [2.24, 2.45) is 5.92 Å². The molecule has 2 aromatic rings. The largest absolute Gasteiger partial charge is 0.493 e. The second kappa shape index (κ2) is 7.62. The van der Waals surface area contributed by atoms with E-state index in [4.69, 9.17) is 9.47 Å². The van der Waals surface area contributed by atoms with Crippen LogP contribution in [0.25, 0.3) is 0 Å². The maximum Gasteiger partial charge on any atom is 0.251 e. The first-order valence-electron chi connectivity index (χ1n) is 7.42. The van der Waals surface area contributed by atoms with Gasteiger partial charge in [0.05, 0.1) is 39.2 Å². The molecular weight excluding hydrogens is 296 g/mol. The van der Waals surface area contributed by atoms with E-state index in [0.29, 0.717) is 23.6 Å². The fraction of sp³-hybridized carbons (Fsp3) is 0.438. The number of hydrogen-bond acceptors (Lipinski definition) is 5. The zero-order chi connectivity index (χ0) is 16.8. The molecule has 1 atom stereocenters. The van der Waals surface area contributed by atoms with Crippen LogP contribution in [-0.4, -0.2) is 41.2 Å². The van der Waals surface area contributed by atoms with Gasteiger partial charge in [-0.3, -0.25) is 4.79 Å². The lowest BCUT2D eigenvalue weighted by molar-refractivity contribution is 0.0917. The van der Waals surface area contributed by atoms with Crippen LogP contribution in [-0.2, 0) is 6.54 Å². The quantitative estimate of drug-likeness (QED) is 0.841. The molecule has 0 fully saturated rings. The van der Waals surface area contributed by atoms with Crippen LogP contribution in [0.1, 0.15) is 24.2 Å². The summed E-state index contributed by atoms with van der Waals surface area (Å²) < 4.78 is 10.4. The van der Waals surface area contributed by atoms with Gasteiger partial charge in [0, 0.05) is 5.56 Å². The maximum atomic E-state index is 12.5. The normalized spacial score (nSPS) is 12.0. The van der Waals surface area contributed by atoms with E-state index >= 15 is 0 Å². The molecule has 0 spiro atoms. The summed E-state index contributed by atoms with van der Waals surface area (Å²) in [7, 11) is 3.10. The first kappa shape index (κ1) is 16.8. The summed E-state index contributed by atoms with van der Waals surface area (Å²) in [6.45, 7) is 4.61. The molecule has 0 radical (unpaired) electrons. The third-order valence-corrected chi connectivity index (χ3v) is 3.59. The minimum Gasteiger partial charge on any atom is -0.493 e. The summed E-state index contributed by atoms with van der Waals surface area (Å²) >= 11 is 0. The number of carbonyl (C=O) groups excluding carboxylic acids is 1. The Morgan fingerprint density at radius 2 is 1.83 bits per heavy atom. The molecule has 0 bridgehead atoms. The Morgan fingerprint density at radius 1 is 1.17 bits per heavy atom. The molecular formula is C16H22N4O3. The van der Waals surface area contributed by atoms with E-state index in [9.17, 15) is 4.79 Å². The Bertz CT molecular complexity index is 641. The van der Waals surface area contributed by atoms with E-state index < -0.39 is 0 Å². The molecule has 23 heavy (non-hydrogen) atoms. The number of nitrogens with zero attached hydrogens (tertiary/aromatic N) is 3. The van der Waals surface area contributed by atoms with Crippen LogP contribution in [0.2, 0.25) is 0 Å². The minimum absolute atomic E-state index is 0.0806. The van der Waals surface area contributed by atoms with E-state index in [1.165, 1.54) is 0 Å². The topological polar surface area (TPSA) is 78.3 Å². The van der Waals surface area contributed by atoms with E-state index in [1.807, 2.05) is 13.8 Å². The molecule has 1 aromatic carbocycles. The number of rotatable bonds is 7. The molecule has 1 aromatic heterocycles. The van der Waals surface area contributed by atoms with Crippen molar-refractivity contribution in [1.82, 2.24) is 20.3 Å². The lowest BCUT2D eigenvalue weighted by Crippen LogP contribution is -2.42. The van der Waals surface area contributed by atoms with Crippen LogP contribution in [0.15, 0.2) is 30.6 Å². The number of ether oxygens (including phenoxy) is 2. The van der Waals surface area contributed by atoms with Gasteiger partial charge in [-0.2, -0.15) is 15.0 Å². The molecule has 2 rings (SSSR count). The summed E-state index contributed by atoms with van der Waals surface area (Å²) in [6.07, 6.45) is 3.24. The fourth-order valence-electron chi connectivity index (χ4n) is 2.17. The predicted molar refractivity (Wildman–Crippen MR) is 85.7 cm³/mol. The third kappa shape index (κ3) is 4.21. The van der Waals surface area contributed by atoms with Crippen molar-refractivity contribution >= 4 is 5.91 Å². The van der Waals surface area contributed by atoms with Crippen molar-refractivity contribution in [1.29, 1.82) is 0 Å². The van der Waals surface area contributed by atoms with Crippen LogP contribution in [0.5, 0.6) is 11.5 Å². The number of aromatic nitrogens is 3. The van der Waals surface area contributed by atoms with Gasteiger partial charge in [0.1, 0.15) is 0 Å². The zero-order valence-corrected chi connectivity index (χ0v) is 13.8. The summed E-state index contributed by atoms with van der Waals surface area (Å²) in [5, 5.41) is 11.2. The SMILES string of the molecule is COc1ccc(C(=O)NC(Cn2nccn2)C(C)C)cc1OC. The lowest BCUT2D eigenvalue weighted by Gasteiger charge is -2.22. The molecule has 1 amide bonds. The molecule has 7 heteroatoms. The predicted octanol–water partition coefficient (Wildman–Crippen LogP) is 1.75. The molecule has 0 saturated carbocycles. The van der Waals surface area contributed by atoms with Crippen molar-refractivity contribution in [2.45, 2.75) is 26.4 Å². The van der Waals surface area contributed by atoms with E-state index in [-0.39, 0.29) is 17.9 Å². The Balaban J connectivity index is 2.12. The van der Waals surface area contributed by atoms with Gasteiger partial charge >= 0.3 is 0 Å². The zero-order valence-electron chi connectivity index (χ0n) is 13.8. The molecule has 1 unspecified atom stereocenters. The average molecular weight is 318 g/mol. The average Bonchev–Trinajstić information content (AvgIpc) is 3.06. The van der Waals surface area contributed by atoms with E-state index in [2.05, 4.69) is 15.5 Å². The summed E-state index contributed by atoms with van der Waals surface area (Å²) in [4.78, 5) is 14.1. The van der Waals surface area contributed by atoms with Crippen LogP contribution in [0.3, 0.4) is 0 Å². The van der Waals surface area contributed by atoms with Crippen molar-refractivity contribution < 1.29 is 14.3 Å². The van der Waals surface area contributed by atoms with Crippen LogP contribution < -0.4 is 14.8 Å². The second-order valence-electron chi connectivity index (χ2n) is 5.48. The fourth-order valence-corrected chi connectivity index (χ4v) is 2.17. The Labute approximate surface area is 135 Å². The van der Waals surface area contributed by atoms with E-state index in [1.54, 1.807) is 49.6 Å². The Kier molecular flexibility index (Phi) is 5.56. The van der Waals surface area contributed by atoms with Gasteiger partial charge in [-0.05, 0) is 24.1 Å². The number of hydrogen-bond donors (Lipinski definition) is 1. The number of amides is 1. The first-order chi connectivity index (χ1) is 11.0. The van der Waals surface area contributed by atoms with Gasteiger partial charge in [-0.1, -0.05) is 13.8 Å². The van der Waals surface area contributed by atoms with Gasteiger partial charge in [-0.25, -0.2) is 0 Å². The molecule has 0 aliphatic rings. The molecule has 7 nitrogen and oxygen atoms in total. The van der Waals surface area contributed by atoms with E-state index in [0.717, 1.165) is 0 Å². The van der Waals surface area contributed by atoms with Gasteiger partial charge in [-0.15, -0.1) is 0 Å². The first-order valence-corrected chi connectivity index (χ1v) is 7.42. The highest BCUT2D eigenvalue weighted by Gasteiger charge is 2.19. The number of nitrogens with one attached hydrogen (secondary N) is 1. The van der Waals surface area contributed by atoms with Crippen molar-refractivity contribution in [3.05, 3.63) is 36.2 Å². The van der Waals surface area contributed by atoms with Crippen molar-refractivity contribution in [3.63, 3.8) is 0 Å². The van der Waals surface area contributed by atoms with Gasteiger partial charge in [0.2, 0.25) is 0 Å². The van der Waals surface area contributed by atoms with Gasteiger partial charge in [0.25, 0.3) is 5.91 Å². The summed E-state index contributed by atoms with van der Waals surface area (Å²) in [5.74, 6) is 1.18. The molecule has 1 heterocycles. The third-order valence-electron chi connectivity index (χ3n) is 3.59. The summed E-state index contributed by atoms with van der Waals surface area (Å²) in [6, 6.07) is 5.01. The highest BCUT2D eigenvalue weighted by molar-refractivity contribution is 5.95. The van der Waals surface area contributed by atoms with Gasteiger partial charge in [0.15, 0.2) is 11.5 Å². The maximum absolute atomic E-state index is 12.5. The Morgan fingerprint density at radius 3 is 2.39 bits per heavy atom. The molecule has 0 aliphatic carbocycles. The number of methoxy groups -OCH3 is 2. The number of benzene rings is 1. The van der Waals surface area contributed by atoms with Crippen LogP contribution in [0.4, 0.5) is 0 Å². The highest BCUT2D eigenvalue weighted by atomic mass is 16.5. The van der Waals surface area contributed by atoms with Crippen LogP contribution in [0, 0.1) is 5.92 Å². The molecule has 1 N–H and O–H groups in total.